The zero-order valence-corrected chi connectivity index (χ0v) is 20.2. The van der Waals surface area contributed by atoms with Crippen LogP contribution in [0.3, 0.4) is 0 Å². The van der Waals surface area contributed by atoms with Crippen LogP contribution in [0.1, 0.15) is 50.8 Å². The maximum Gasteiger partial charge on any atom is 0.411 e. The van der Waals surface area contributed by atoms with Gasteiger partial charge in [0.05, 0.1) is 11.6 Å². The maximum absolute atomic E-state index is 13.2. The Kier molecular flexibility index (Phi) is 6.36. The number of ether oxygens (including phenoxy) is 1. The molecule has 34 heavy (non-hydrogen) atoms. The summed E-state index contributed by atoms with van der Waals surface area (Å²) in [5.74, 6) is 0. The molecule has 0 saturated carbocycles. The van der Waals surface area contributed by atoms with E-state index in [4.69, 9.17) is 4.74 Å². The minimum atomic E-state index is -0.988. The van der Waals surface area contributed by atoms with Gasteiger partial charge in [0.1, 0.15) is 5.60 Å². The summed E-state index contributed by atoms with van der Waals surface area (Å²) in [6, 6.07) is 20.9. The van der Waals surface area contributed by atoms with E-state index in [2.05, 4.69) is 0 Å². The average Bonchev–Trinajstić information content (AvgIpc) is 2.80. The maximum atomic E-state index is 13.2. The molecule has 1 unspecified atom stereocenters. The van der Waals surface area contributed by atoms with Crippen molar-refractivity contribution in [3.05, 3.63) is 94.4 Å². The molecular weight excluding hydrogens is 428 g/mol. The highest BCUT2D eigenvalue weighted by molar-refractivity contribution is 5.70. The Bertz CT molecular complexity index is 1210. The number of hydrogen-bond acceptors (Lipinski definition) is 4. The number of carbonyl (C=O) groups excluding carboxylic acids is 1. The molecule has 1 aromatic heterocycles. The molecule has 2 atom stereocenters. The summed E-state index contributed by atoms with van der Waals surface area (Å²) in [6.07, 6.45) is 2.28. The van der Waals surface area contributed by atoms with Gasteiger partial charge in [0, 0.05) is 38.7 Å². The van der Waals surface area contributed by atoms with Crippen LogP contribution in [0, 0.1) is 0 Å². The van der Waals surface area contributed by atoms with Crippen LogP contribution < -0.4 is 5.56 Å². The largest absolute Gasteiger partial charge is 0.438 e. The summed E-state index contributed by atoms with van der Waals surface area (Å²) in [6.45, 7) is 5.98. The van der Waals surface area contributed by atoms with Gasteiger partial charge in [-0.05, 0) is 49.1 Å². The van der Waals surface area contributed by atoms with Crippen molar-refractivity contribution >= 4 is 6.09 Å². The van der Waals surface area contributed by atoms with Crippen molar-refractivity contribution in [2.75, 3.05) is 6.54 Å². The topological polar surface area (TPSA) is 71.8 Å². The van der Waals surface area contributed by atoms with Crippen LogP contribution in [0.15, 0.2) is 77.7 Å². The zero-order valence-electron chi connectivity index (χ0n) is 20.2. The van der Waals surface area contributed by atoms with E-state index >= 15 is 0 Å². The molecule has 1 amide bonds. The normalized spacial score (nSPS) is 19.6. The predicted molar refractivity (Wildman–Crippen MR) is 132 cm³/mol. The van der Waals surface area contributed by atoms with Crippen LogP contribution in [0.2, 0.25) is 0 Å². The van der Waals surface area contributed by atoms with Crippen molar-refractivity contribution in [3.8, 4) is 11.1 Å². The quantitative estimate of drug-likeness (QED) is 0.561. The molecule has 6 heteroatoms. The third-order valence-electron chi connectivity index (χ3n) is 6.59. The SMILES string of the molecule is C[C@@H](c1ccc(-c2ccn(C)c(=O)c2)cc1)N1CCC(CC(C)(C)O)(c2ccccc2)OC1=O. The molecule has 1 N–H and O–H groups in total. The third-order valence-corrected chi connectivity index (χ3v) is 6.59. The van der Waals surface area contributed by atoms with Crippen LogP contribution >= 0.6 is 0 Å². The minimum Gasteiger partial charge on any atom is -0.438 e. The molecule has 0 bridgehead atoms. The number of aliphatic hydroxyl groups is 1. The van der Waals surface area contributed by atoms with E-state index in [0.717, 1.165) is 22.3 Å². The van der Waals surface area contributed by atoms with Gasteiger partial charge in [-0.1, -0.05) is 54.6 Å². The number of rotatable bonds is 6. The lowest BCUT2D eigenvalue weighted by atomic mass is 9.80. The van der Waals surface area contributed by atoms with E-state index in [1.54, 1.807) is 38.1 Å². The van der Waals surface area contributed by atoms with Crippen LogP contribution in [0.4, 0.5) is 4.79 Å². The fraction of sp³-hybridized carbons (Fsp3) is 0.357. The number of hydrogen-bond donors (Lipinski definition) is 1. The van der Waals surface area contributed by atoms with Crippen molar-refractivity contribution in [2.45, 2.75) is 50.9 Å². The second-order valence-corrected chi connectivity index (χ2v) is 9.82. The fourth-order valence-electron chi connectivity index (χ4n) is 4.75. The van der Waals surface area contributed by atoms with Gasteiger partial charge in [-0.25, -0.2) is 4.79 Å². The van der Waals surface area contributed by atoms with E-state index in [1.165, 1.54) is 4.57 Å². The smallest absolute Gasteiger partial charge is 0.411 e. The third kappa shape index (κ3) is 4.92. The van der Waals surface area contributed by atoms with Crippen molar-refractivity contribution in [1.82, 2.24) is 9.47 Å². The summed E-state index contributed by atoms with van der Waals surface area (Å²) >= 11 is 0. The Balaban J connectivity index is 1.54. The molecule has 2 aromatic carbocycles. The molecule has 3 aromatic rings. The number of nitrogens with zero attached hydrogens (tertiary/aromatic N) is 2. The lowest BCUT2D eigenvalue weighted by Crippen LogP contribution is -2.51. The van der Waals surface area contributed by atoms with E-state index in [0.29, 0.717) is 19.4 Å². The van der Waals surface area contributed by atoms with Gasteiger partial charge >= 0.3 is 6.09 Å². The molecule has 4 rings (SSSR count). The molecule has 1 saturated heterocycles. The Morgan fingerprint density at radius 3 is 2.29 bits per heavy atom. The summed E-state index contributed by atoms with van der Waals surface area (Å²) in [5, 5.41) is 10.6. The number of cyclic esters (lactones) is 1. The lowest BCUT2D eigenvalue weighted by Gasteiger charge is -2.45. The Morgan fingerprint density at radius 1 is 1.03 bits per heavy atom. The first-order valence-electron chi connectivity index (χ1n) is 11.6. The van der Waals surface area contributed by atoms with Gasteiger partial charge in [-0.2, -0.15) is 0 Å². The van der Waals surface area contributed by atoms with Crippen LogP contribution in [-0.4, -0.2) is 32.8 Å². The number of amides is 1. The van der Waals surface area contributed by atoms with Gasteiger partial charge in [0.25, 0.3) is 5.56 Å². The van der Waals surface area contributed by atoms with Gasteiger partial charge < -0.3 is 19.3 Å². The van der Waals surface area contributed by atoms with E-state index in [9.17, 15) is 14.7 Å². The standard InChI is InChI=1S/C28H32N2O4/c1-20(21-10-12-22(13-11-21)23-14-16-29(4)25(31)18-23)30-17-15-28(34-26(30)32,19-27(2,3)33)24-8-6-5-7-9-24/h5-14,16,18,20,33H,15,17,19H2,1-4H3/t20-,28?/m0/s1. The van der Waals surface area contributed by atoms with E-state index in [-0.39, 0.29) is 17.7 Å². The molecule has 6 nitrogen and oxygen atoms in total. The van der Waals surface area contributed by atoms with Crippen LogP contribution in [-0.2, 0) is 17.4 Å². The molecule has 178 valence electrons. The predicted octanol–water partition coefficient (Wildman–Crippen LogP) is 5.01. The first kappa shape index (κ1) is 23.8. The van der Waals surface area contributed by atoms with E-state index < -0.39 is 11.2 Å². The number of benzene rings is 2. The number of pyridine rings is 1. The van der Waals surface area contributed by atoms with Crippen LogP contribution in [0.25, 0.3) is 11.1 Å². The molecule has 1 aliphatic heterocycles. The molecule has 0 aliphatic carbocycles. The Labute approximate surface area is 200 Å². The number of carbonyl (C=O) groups is 1. The Morgan fingerprint density at radius 2 is 1.71 bits per heavy atom. The van der Waals surface area contributed by atoms with Crippen LogP contribution in [0.5, 0.6) is 0 Å². The summed E-state index contributed by atoms with van der Waals surface area (Å²) in [4.78, 5) is 26.9. The molecule has 1 fully saturated rings. The van der Waals surface area contributed by atoms with Crippen molar-refractivity contribution in [2.24, 2.45) is 7.05 Å². The highest BCUT2D eigenvalue weighted by Gasteiger charge is 2.46. The Hall–Kier alpha value is -3.38. The first-order valence-corrected chi connectivity index (χ1v) is 11.6. The average molecular weight is 461 g/mol. The summed E-state index contributed by atoms with van der Waals surface area (Å²) < 4.78 is 7.64. The first-order chi connectivity index (χ1) is 16.1. The molecule has 2 heterocycles. The lowest BCUT2D eigenvalue weighted by molar-refractivity contribution is -0.101. The van der Waals surface area contributed by atoms with Gasteiger partial charge in [-0.15, -0.1) is 0 Å². The van der Waals surface area contributed by atoms with Crippen molar-refractivity contribution in [3.63, 3.8) is 0 Å². The van der Waals surface area contributed by atoms with Gasteiger partial charge in [0.2, 0.25) is 0 Å². The van der Waals surface area contributed by atoms with Crippen molar-refractivity contribution in [1.29, 1.82) is 0 Å². The van der Waals surface area contributed by atoms with Gasteiger partial charge in [0.15, 0.2) is 0 Å². The molecular formula is C28H32N2O4. The second-order valence-electron chi connectivity index (χ2n) is 9.82. The zero-order chi connectivity index (χ0) is 24.5. The molecule has 0 radical (unpaired) electrons. The molecule has 0 spiro atoms. The summed E-state index contributed by atoms with van der Waals surface area (Å²) in [5.41, 5.74) is 1.78. The van der Waals surface area contributed by atoms with E-state index in [1.807, 2.05) is 67.6 Å². The van der Waals surface area contributed by atoms with Gasteiger partial charge in [-0.3, -0.25) is 4.79 Å². The minimum absolute atomic E-state index is 0.0565. The second kappa shape index (κ2) is 9.11. The fourth-order valence-corrected chi connectivity index (χ4v) is 4.75. The van der Waals surface area contributed by atoms with Crippen molar-refractivity contribution < 1.29 is 14.6 Å². The monoisotopic (exact) mass is 460 g/mol. The molecule has 1 aliphatic rings. The highest BCUT2D eigenvalue weighted by Crippen LogP contribution is 2.42. The number of aromatic nitrogens is 1. The number of aryl methyl sites for hydroxylation is 1. The summed E-state index contributed by atoms with van der Waals surface area (Å²) in [7, 11) is 1.72. The highest BCUT2D eigenvalue weighted by atomic mass is 16.6.